The van der Waals surface area contributed by atoms with E-state index in [1.54, 1.807) is 0 Å². The Labute approximate surface area is 279 Å². The van der Waals surface area contributed by atoms with E-state index in [1.807, 2.05) is 84.9 Å². The molecule has 0 unspecified atom stereocenters. The monoisotopic (exact) mass is 617 g/mol. The molecule has 0 radical (unpaired) electrons. The van der Waals surface area contributed by atoms with Gasteiger partial charge in [0.1, 0.15) is 0 Å². The van der Waals surface area contributed by atoms with Crippen LogP contribution in [-0.2, 0) is 0 Å². The van der Waals surface area contributed by atoms with Gasteiger partial charge < -0.3 is 11.1 Å². The zero-order valence-electron chi connectivity index (χ0n) is 26.1. The van der Waals surface area contributed by atoms with Crippen LogP contribution in [0.4, 0.5) is 17.1 Å². The van der Waals surface area contributed by atoms with Gasteiger partial charge in [-0.3, -0.25) is 0 Å². The number of hydrogen-bond donors (Lipinski definition) is 2. The number of nitrogens with two attached hydrogens (primary N) is 1. The molecule has 7 aromatic carbocycles. The molecule has 228 valence electrons. The van der Waals surface area contributed by atoms with E-state index in [0.29, 0.717) is 17.5 Å². The molecule has 0 bridgehead atoms. The Morgan fingerprint density at radius 1 is 0.375 bits per heavy atom. The highest BCUT2D eigenvalue weighted by Crippen LogP contribution is 2.37. The summed E-state index contributed by atoms with van der Waals surface area (Å²) in [6.45, 7) is 0. The van der Waals surface area contributed by atoms with Crippen LogP contribution in [0.15, 0.2) is 170 Å². The number of anilines is 3. The molecule has 48 heavy (non-hydrogen) atoms. The lowest BCUT2D eigenvalue weighted by atomic mass is 9.92. The minimum Gasteiger partial charge on any atom is -0.397 e. The third kappa shape index (κ3) is 5.77. The molecule has 0 amide bonds. The number of benzene rings is 7. The van der Waals surface area contributed by atoms with E-state index >= 15 is 0 Å². The minimum atomic E-state index is 0.636. The van der Waals surface area contributed by atoms with Crippen molar-refractivity contribution in [1.82, 2.24) is 15.0 Å². The molecule has 8 rings (SSSR count). The van der Waals surface area contributed by atoms with Crippen molar-refractivity contribution in [2.45, 2.75) is 0 Å². The van der Waals surface area contributed by atoms with E-state index in [0.717, 1.165) is 50.4 Å². The Kier molecular flexibility index (Phi) is 7.61. The first kappa shape index (κ1) is 28.9. The molecule has 0 fully saturated rings. The molecule has 0 saturated heterocycles. The highest BCUT2D eigenvalue weighted by atomic mass is 15.0. The maximum atomic E-state index is 6.15. The second kappa shape index (κ2) is 12.7. The molecule has 0 atom stereocenters. The number of nitrogens with one attached hydrogen (secondary N) is 1. The van der Waals surface area contributed by atoms with Gasteiger partial charge in [0.25, 0.3) is 0 Å². The second-order valence-electron chi connectivity index (χ2n) is 11.6. The molecule has 0 aliphatic carbocycles. The Balaban J connectivity index is 1.17. The lowest BCUT2D eigenvalue weighted by Gasteiger charge is -2.13. The SMILES string of the molecule is Nc1ccccc1Nc1ccc(-c2cccc3c(-c4cccc(-c5nc(-c6ccccc6)nc(-c6ccccc6)n5)c4)cccc23)cc1. The molecule has 8 aromatic rings. The van der Waals surface area contributed by atoms with Crippen molar-refractivity contribution < 1.29 is 0 Å². The average molecular weight is 618 g/mol. The molecule has 0 aliphatic heterocycles. The zero-order chi connectivity index (χ0) is 32.3. The number of fused-ring (bicyclic) bond motifs is 1. The van der Waals surface area contributed by atoms with Crippen LogP contribution in [-0.4, -0.2) is 15.0 Å². The molecule has 0 saturated carbocycles. The average Bonchev–Trinajstić information content (AvgIpc) is 3.16. The summed E-state index contributed by atoms with van der Waals surface area (Å²) in [6.07, 6.45) is 0. The molecule has 5 nitrogen and oxygen atoms in total. The van der Waals surface area contributed by atoms with E-state index < -0.39 is 0 Å². The molecular formula is C43H31N5. The van der Waals surface area contributed by atoms with Crippen molar-refractivity contribution in [3.05, 3.63) is 170 Å². The van der Waals surface area contributed by atoms with Crippen molar-refractivity contribution in [3.8, 4) is 56.4 Å². The molecule has 3 N–H and O–H groups in total. The van der Waals surface area contributed by atoms with Gasteiger partial charge in [0.05, 0.1) is 11.4 Å². The fourth-order valence-corrected chi connectivity index (χ4v) is 6.08. The quantitative estimate of drug-likeness (QED) is 0.174. The van der Waals surface area contributed by atoms with Crippen molar-refractivity contribution in [2.75, 3.05) is 11.1 Å². The van der Waals surface area contributed by atoms with Crippen LogP contribution in [0.25, 0.3) is 67.2 Å². The van der Waals surface area contributed by atoms with Gasteiger partial charge in [-0.15, -0.1) is 0 Å². The van der Waals surface area contributed by atoms with E-state index in [1.165, 1.54) is 16.3 Å². The summed E-state index contributed by atoms with van der Waals surface area (Å²) in [6, 6.07) is 57.9. The number of rotatable bonds is 7. The Bertz CT molecular complexity index is 2310. The third-order valence-electron chi connectivity index (χ3n) is 8.49. The number of nitrogens with zero attached hydrogens (tertiary/aromatic N) is 3. The van der Waals surface area contributed by atoms with Crippen molar-refractivity contribution in [2.24, 2.45) is 0 Å². The third-order valence-corrected chi connectivity index (χ3v) is 8.49. The van der Waals surface area contributed by atoms with Crippen molar-refractivity contribution in [1.29, 1.82) is 0 Å². The summed E-state index contributed by atoms with van der Waals surface area (Å²) >= 11 is 0. The van der Waals surface area contributed by atoms with Crippen LogP contribution < -0.4 is 11.1 Å². The summed E-state index contributed by atoms with van der Waals surface area (Å²) in [4.78, 5) is 14.8. The highest BCUT2D eigenvalue weighted by molar-refractivity contribution is 6.04. The number of para-hydroxylation sites is 2. The summed E-state index contributed by atoms with van der Waals surface area (Å²) in [5.41, 5.74) is 16.1. The first-order chi connectivity index (χ1) is 23.7. The van der Waals surface area contributed by atoms with Crippen LogP contribution >= 0.6 is 0 Å². The minimum absolute atomic E-state index is 0.636. The number of aromatic nitrogens is 3. The lowest BCUT2D eigenvalue weighted by Crippen LogP contribution is -2.00. The fourth-order valence-electron chi connectivity index (χ4n) is 6.08. The topological polar surface area (TPSA) is 76.7 Å². The van der Waals surface area contributed by atoms with Crippen LogP contribution in [0.5, 0.6) is 0 Å². The van der Waals surface area contributed by atoms with E-state index in [4.69, 9.17) is 20.7 Å². The molecule has 5 heteroatoms. The molecule has 1 aromatic heterocycles. The van der Waals surface area contributed by atoms with Gasteiger partial charge in [0.15, 0.2) is 17.5 Å². The molecule has 1 heterocycles. The number of nitrogen functional groups attached to an aromatic ring is 1. The second-order valence-corrected chi connectivity index (χ2v) is 11.6. The van der Waals surface area contributed by atoms with Gasteiger partial charge in [-0.2, -0.15) is 0 Å². The van der Waals surface area contributed by atoms with Crippen molar-refractivity contribution in [3.63, 3.8) is 0 Å². The summed E-state index contributed by atoms with van der Waals surface area (Å²) < 4.78 is 0. The summed E-state index contributed by atoms with van der Waals surface area (Å²) in [5.74, 6) is 1.93. The predicted octanol–water partition coefficient (Wildman–Crippen LogP) is 10.7. The zero-order valence-corrected chi connectivity index (χ0v) is 26.1. The maximum absolute atomic E-state index is 6.15. The normalized spacial score (nSPS) is 11.0. The molecule has 0 aliphatic rings. The van der Waals surface area contributed by atoms with E-state index in [-0.39, 0.29) is 0 Å². The fraction of sp³-hybridized carbons (Fsp3) is 0. The van der Waals surface area contributed by atoms with Gasteiger partial charge in [-0.25, -0.2) is 15.0 Å². The first-order valence-electron chi connectivity index (χ1n) is 15.9. The van der Waals surface area contributed by atoms with Crippen LogP contribution in [0.3, 0.4) is 0 Å². The van der Waals surface area contributed by atoms with Gasteiger partial charge >= 0.3 is 0 Å². The van der Waals surface area contributed by atoms with Gasteiger partial charge in [0, 0.05) is 22.4 Å². The van der Waals surface area contributed by atoms with E-state index in [2.05, 4.69) is 90.2 Å². The Hall–Kier alpha value is -6.59. The first-order valence-corrected chi connectivity index (χ1v) is 15.9. The Morgan fingerprint density at radius 3 is 1.46 bits per heavy atom. The van der Waals surface area contributed by atoms with Gasteiger partial charge in [0.2, 0.25) is 0 Å². The van der Waals surface area contributed by atoms with Crippen LogP contribution in [0.1, 0.15) is 0 Å². The Morgan fingerprint density at radius 2 is 0.854 bits per heavy atom. The standard InChI is InChI=1S/C43H31N5/c44-39-22-7-8-23-40(39)45-34-26-24-29(25-27-34)35-18-10-21-38-36(19-11-20-37(35)38)32-16-9-17-33(28-32)43-47-41(30-12-3-1-4-13-30)46-42(48-43)31-14-5-2-6-15-31/h1-28,45H,44H2. The number of hydrogen-bond acceptors (Lipinski definition) is 5. The highest BCUT2D eigenvalue weighted by Gasteiger charge is 2.14. The van der Waals surface area contributed by atoms with Crippen LogP contribution in [0, 0.1) is 0 Å². The maximum Gasteiger partial charge on any atom is 0.164 e. The van der Waals surface area contributed by atoms with Crippen molar-refractivity contribution >= 4 is 27.8 Å². The molecular weight excluding hydrogens is 587 g/mol. The predicted molar refractivity (Wildman–Crippen MR) is 199 cm³/mol. The van der Waals surface area contributed by atoms with E-state index in [9.17, 15) is 0 Å². The van der Waals surface area contributed by atoms with Crippen LogP contribution in [0.2, 0.25) is 0 Å². The molecule has 0 spiro atoms. The lowest BCUT2D eigenvalue weighted by molar-refractivity contribution is 1.07. The van der Waals surface area contributed by atoms with Gasteiger partial charge in [-0.05, 0) is 63.4 Å². The summed E-state index contributed by atoms with van der Waals surface area (Å²) in [7, 11) is 0. The smallest absolute Gasteiger partial charge is 0.164 e. The summed E-state index contributed by atoms with van der Waals surface area (Å²) in [5, 5.41) is 5.79. The van der Waals surface area contributed by atoms with Gasteiger partial charge in [-0.1, -0.05) is 140 Å². The largest absolute Gasteiger partial charge is 0.397 e.